The number of carbonyl (C=O) groups is 2. The maximum Gasteiger partial charge on any atom is 0.231 e. The normalized spacial score (nSPS) is 12.9. The van der Waals surface area contributed by atoms with Crippen molar-refractivity contribution in [2.45, 2.75) is 25.7 Å². The Morgan fingerprint density at radius 1 is 0.966 bits per heavy atom. The molecule has 0 saturated heterocycles. The Morgan fingerprint density at radius 2 is 1.59 bits per heavy atom. The fourth-order valence-electron chi connectivity index (χ4n) is 4.00. The molecule has 1 aliphatic heterocycles. The molecule has 3 aromatic carbocycles. The van der Waals surface area contributed by atoms with Gasteiger partial charge in [-0.05, 0) is 41.8 Å². The number of carbonyl (C=O) groups excluding carboxylic acids is 2. The quantitative estimate of drug-likeness (QED) is 0.666. The zero-order chi connectivity index (χ0) is 20.2. The second-order valence-corrected chi connectivity index (χ2v) is 7.28. The number of anilines is 2. The van der Waals surface area contributed by atoms with Gasteiger partial charge >= 0.3 is 0 Å². The third-order valence-electron chi connectivity index (χ3n) is 5.41. The van der Waals surface area contributed by atoms with Crippen LogP contribution in [0.2, 0.25) is 0 Å². The Balaban J connectivity index is 1.52. The van der Waals surface area contributed by atoms with Crippen molar-refractivity contribution in [2.75, 3.05) is 16.8 Å². The van der Waals surface area contributed by atoms with Crippen LogP contribution in [0.1, 0.15) is 36.0 Å². The number of amides is 2. The van der Waals surface area contributed by atoms with E-state index in [-0.39, 0.29) is 17.7 Å². The molecule has 0 unspecified atom stereocenters. The minimum Gasteiger partial charge on any atom is -0.326 e. The number of hydrogen-bond donors (Lipinski definition) is 1. The lowest BCUT2D eigenvalue weighted by Crippen LogP contribution is -2.25. The summed E-state index contributed by atoms with van der Waals surface area (Å²) in [5.74, 6) is 0.0579. The molecule has 2 amide bonds. The van der Waals surface area contributed by atoms with Gasteiger partial charge in [0, 0.05) is 30.3 Å². The van der Waals surface area contributed by atoms with E-state index >= 15 is 0 Å². The fourth-order valence-corrected chi connectivity index (χ4v) is 4.00. The van der Waals surface area contributed by atoms with Crippen molar-refractivity contribution < 1.29 is 9.59 Å². The van der Waals surface area contributed by atoms with Crippen LogP contribution >= 0.6 is 0 Å². The van der Waals surface area contributed by atoms with Crippen molar-refractivity contribution in [3.8, 4) is 0 Å². The van der Waals surface area contributed by atoms with Crippen molar-refractivity contribution in [1.29, 1.82) is 0 Å². The minimum atomic E-state index is -0.0423. The van der Waals surface area contributed by atoms with Crippen molar-refractivity contribution in [2.24, 2.45) is 0 Å². The second-order valence-electron chi connectivity index (χ2n) is 7.28. The van der Waals surface area contributed by atoms with Crippen LogP contribution in [-0.2, 0) is 16.0 Å². The summed E-state index contributed by atoms with van der Waals surface area (Å²) in [7, 11) is 0. The summed E-state index contributed by atoms with van der Waals surface area (Å²) in [6.07, 6.45) is 0.745. The predicted molar refractivity (Wildman–Crippen MR) is 116 cm³/mol. The van der Waals surface area contributed by atoms with E-state index in [1.807, 2.05) is 61.5 Å². The molecule has 4 nitrogen and oxygen atoms in total. The summed E-state index contributed by atoms with van der Waals surface area (Å²) in [4.78, 5) is 26.7. The van der Waals surface area contributed by atoms with Crippen molar-refractivity contribution in [3.05, 3.63) is 95.6 Å². The van der Waals surface area contributed by atoms with Crippen LogP contribution in [-0.4, -0.2) is 18.4 Å². The summed E-state index contributed by atoms with van der Waals surface area (Å²) in [6, 6.07) is 25.9. The Labute approximate surface area is 171 Å². The summed E-state index contributed by atoms with van der Waals surface area (Å²) in [6.45, 7) is 2.63. The van der Waals surface area contributed by atoms with E-state index in [4.69, 9.17) is 0 Å². The highest BCUT2D eigenvalue weighted by atomic mass is 16.2. The van der Waals surface area contributed by atoms with E-state index in [0.717, 1.165) is 28.1 Å². The van der Waals surface area contributed by atoms with Gasteiger partial charge in [0.05, 0.1) is 6.42 Å². The fraction of sp³-hybridized carbons (Fsp3) is 0.200. The largest absolute Gasteiger partial charge is 0.326 e. The first-order chi connectivity index (χ1) is 14.2. The molecule has 0 bridgehead atoms. The molecule has 146 valence electrons. The van der Waals surface area contributed by atoms with Gasteiger partial charge in [0.25, 0.3) is 0 Å². The number of hydrogen-bond acceptors (Lipinski definition) is 2. The standard InChI is InChI=1S/C25H24N2O2/c1-2-27-23-14-13-21(15-20(23)16-25(27)29)26-24(28)17-22(18-9-5-3-6-10-18)19-11-7-4-8-12-19/h3-15,22H,2,16-17H2,1H3,(H,26,28). The third-order valence-corrected chi connectivity index (χ3v) is 5.41. The molecule has 29 heavy (non-hydrogen) atoms. The van der Waals surface area contributed by atoms with Gasteiger partial charge in [0.1, 0.15) is 0 Å². The zero-order valence-electron chi connectivity index (χ0n) is 16.5. The highest BCUT2D eigenvalue weighted by Crippen LogP contribution is 2.32. The highest BCUT2D eigenvalue weighted by Gasteiger charge is 2.26. The second kappa shape index (κ2) is 8.31. The molecule has 4 rings (SSSR count). The SMILES string of the molecule is CCN1C(=O)Cc2cc(NC(=O)CC(c3ccccc3)c3ccccc3)ccc21. The summed E-state index contributed by atoms with van der Waals surface area (Å²) in [5, 5.41) is 3.02. The molecule has 0 spiro atoms. The summed E-state index contributed by atoms with van der Waals surface area (Å²) >= 11 is 0. The molecule has 1 aliphatic rings. The zero-order valence-corrected chi connectivity index (χ0v) is 16.5. The molecule has 0 fully saturated rings. The van der Waals surface area contributed by atoms with Gasteiger partial charge in [-0.1, -0.05) is 60.7 Å². The Hall–Kier alpha value is -3.40. The lowest BCUT2D eigenvalue weighted by Gasteiger charge is -2.18. The molecule has 3 aromatic rings. The molecule has 1 N–H and O–H groups in total. The number of benzene rings is 3. The molecule has 0 aromatic heterocycles. The van der Waals surface area contributed by atoms with E-state index in [9.17, 15) is 9.59 Å². The van der Waals surface area contributed by atoms with Crippen LogP contribution in [0.15, 0.2) is 78.9 Å². The van der Waals surface area contributed by atoms with Gasteiger partial charge in [-0.2, -0.15) is 0 Å². The van der Waals surface area contributed by atoms with Crippen LogP contribution in [0.3, 0.4) is 0 Å². The van der Waals surface area contributed by atoms with Crippen LogP contribution in [0, 0.1) is 0 Å². The van der Waals surface area contributed by atoms with Crippen molar-refractivity contribution in [3.63, 3.8) is 0 Å². The molecule has 0 aliphatic carbocycles. The first-order valence-corrected chi connectivity index (χ1v) is 9.98. The van der Waals surface area contributed by atoms with Gasteiger partial charge in [0.15, 0.2) is 0 Å². The van der Waals surface area contributed by atoms with Gasteiger partial charge in [0.2, 0.25) is 11.8 Å². The van der Waals surface area contributed by atoms with Crippen LogP contribution in [0.4, 0.5) is 11.4 Å². The molecule has 0 saturated carbocycles. The molecular weight excluding hydrogens is 360 g/mol. The number of rotatable bonds is 6. The average molecular weight is 384 g/mol. The van der Waals surface area contributed by atoms with Crippen LogP contribution in [0.5, 0.6) is 0 Å². The van der Waals surface area contributed by atoms with Crippen LogP contribution < -0.4 is 10.2 Å². The molecule has 0 radical (unpaired) electrons. The maximum atomic E-state index is 12.9. The number of fused-ring (bicyclic) bond motifs is 1. The lowest BCUT2D eigenvalue weighted by atomic mass is 9.88. The van der Waals surface area contributed by atoms with E-state index in [0.29, 0.717) is 19.4 Å². The van der Waals surface area contributed by atoms with Gasteiger partial charge in [-0.3, -0.25) is 9.59 Å². The first-order valence-electron chi connectivity index (χ1n) is 9.98. The Kier molecular flexibility index (Phi) is 5.43. The lowest BCUT2D eigenvalue weighted by molar-refractivity contribution is -0.117. The number of nitrogens with one attached hydrogen (secondary N) is 1. The van der Waals surface area contributed by atoms with E-state index in [2.05, 4.69) is 29.6 Å². The number of likely N-dealkylation sites (N-methyl/N-ethyl adjacent to an activating group) is 1. The van der Waals surface area contributed by atoms with Crippen molar-refractivity contribution in [1.82, 2.24) is 0 Å². The smallest absolute Gasteiger partial charge is 0.231 e. The van der Waals surface area contributed by atoms with Gasteiger partial charge in [-0.15, -0.1) is 0 Å². The van der Waals surface area contributed by atoms with E-state index in [1.165, 1.54) is 0 Å². The average Bonchev–Trinajstić information content (AvgIpc) is 3.07. The van der Waals surface area contributed by atoms with Crippen LogP contribution in [0.25, 0.3) is 0 Å². The highest BCUT2D eigenvalue weighted by molar-refractivity contribution is 6.02. The maximum absolute atomic E-state index is 12.9. The summed E-state index contributed by atoms with van der Waals surface area (Å²) in [5.41, 5.74) is 4.89. The minimum absolute atomic E-state index is 0.0102. The molecule has 0 atom stereocenters. The van der Waals surface area contributed by atoms with Gasteiger partial charge in [-0.25, -0.2) is 0 Å². The van der Waals surface area contributed by atoms with E-state index in [1.54, 1.807) is 4.90 Å². The number of nitrogens with zero attached hydrogens (tertiary/aromatic N) is 1. The first kappa shape index (κ1) is 18.9. The van der Waals surface area contributed by atoms with E-state index < -0.39 is 0 Å². The predicted octanol–water partition coefficient (Wildman–Crippen LogP) is 4.76. The topological polar surface area (TPSA) is 49.4 Å². The Bertz CT molecular complexity index is 976. The molecule has 4 heteroatoms. The van der Waals surface area contributed by atoms with Gasteiger partial charge < -0.3 is 10.2 Å². The monoisotopic (exact) mass is 384 g/mol. The molecular formula is C25H24N2O2. The Morgan fingerprint density at radius 3 is 2.17 bits per heavy atom. The summed E-state index contributed by atoms with van der Waals surface area (Å²) < 4.78 is 0. The van der Waals surface area contributed by atoms with Crippen molar-refractivity contribution >= 4 is 23.2 Å². The third kappa shape index (κ3) is 4.06. The molecule has 1 heterocycles.